The zero-order valence-electron chi connectivity index (χ0n) is 13.6. The van der Waals surface area contributed by atoms with Crippen LogP contribution in [0.4, 0.5) is 0 Å². The summed E-state index contributed by atoms with van der Waals surface area (Å²) in [6, 6.07) is 9.25. The topological polar surface area (TPSA) is 85.6 Å². The van der Waals surface area contributed by atoms with Crippen molar-refractivity contribution in [1.29, 1.82) is 0 Å². The molecule has 0 radical (unpaired) electrons. The van der Waals surface area contributed by atoms with Crippen molar-refractivity contribution in [3.63, 3.8) is 0 Å². The second-order valence-electron chi connectivity index (χ2n) is 5.62. The molecule has 1 aromatic carbocycles. The Hall–Kier alpha value is -2.83. The first-order chi connectivity index (χ1) is 11.8. The van der Waals surface area contributed by atoms with Crippen LogP contribution in [0.5, 0.6) is 0 Å². The Morgan fingerprint density at radius 1 is 1.25 bits per heavy atom. The van der Waals surface area contributed by atoms with Gasteiger partial charge < -0.3 is 5.32 Å². The lowest BCUT2D eigenvalue weighted by Gasteiger charge is -2.07. The number of hydrogen-bond acceptors (Lipinski definition) is 5. The summed E-state index contributed by atoms with van der Waals surface area (Å²) in [6.45, 7) is 3.23. The zero-order valence-corrected chi connectivity index (χ0v) is 13.6. The third-order valence-corrected chi connectivity index (χ3v) is 3.85. The van der Waals surface area contributed by atoms with Crippen molar-refractivity contribution in [3.8, 4) is 0 Å². The number of nitrogens with one attached hydrogen (secondary N) is 1. The predicted octanol–water partition coefficient (Wildman–Crippen LogP) is 2.34. The molecule has 24 heavy (non-hydrogen) atoms. The van der Waals surface area contributed by atoms with Crippen LogP contribution in [0, 0.1) is 0 Å². The van der Waals surface area contributed by atoms with E-state index in [1.165, 1.54) is 0 Å². The first kappa shape index (κ1) is 16.0. The number of hydrogen-bond donors (Lipinski definition) is 1. The molecule has 3 aromatic rings. The number of nitrogens with zero attached hydrogens (tertiary/aromatic N) is 5. The molecule has 1 N–H and O–H groups in total. The van der Waals surface area contributed by atoms with E-state index in [2.05, 4.69) is 32.7 Å². The summed E-state index contributed by atoms with van der Waals surface area (Å²) in [5.74, 6) is 0.519. The molecule has 0 saturated carbocycles. The first-order valence-corrected chi connectivity index (χ1v) is 8.16. The van der Waals surface area contributed by atoms with E-state index >= 15 is 0 Å². The fraction of sp³-hybridized carbons (Fsp3) is 0.353. The molecule has 3 rings (SSSR count). The van der Waals surface area contributed by atoms with Crippen molar-refractivity contribution in [2.45, 2.75) is 39.3 Å². The van der Waals surface area contributed by atoms with E-state index in [1.54, 1.807) is 16.9 Å². The highest BCUT2D eigenvalue weighted by molar-refractivity contribution is 5.97. The molecule has 2 aromatic heterocycles. The highest BCUT2D eigenvalue weighted by Gasteiger charge is 2.10. The molecule has 2 heterocycles. The second kappa shape index (κ2) is 7.63. The fourth-order valence-electron chi connectivity index (χ4n) is 2.51. The molecule has 7 nitrogen and oxygen atoms in total. The van der Waals surface area contributed by atoms with Gasteiger partial charge in [0.2, 0.25) is 0 Å². The van der Waals surface area contributed by atoms with Crippen molar-refractivity contribution in [2.24, 2.45) is 0 Å². The summed E-state index contributed by atoms with van der Waals surface area (Å²) in [6.07, 6.45) is 5.04. The summed E-state index contributed by atoms with van der Waals surface area (Å²) in [4.78, 5) is 16.6. The van der Waals surface area contributed by atoms with Gasteiger partial charge in [0.1, 0.15) is 0 Å². The number of benzene rings is 1. The number of unbranched alkanes of at least 4 members (excludes halogenated alkanes) is 2. The molecule has 0 atom stereocenters. The van der Waals surface area contributed by atoms with Crippen LogP contribution in [-0.4, -0.2) is 31.1 Å². The third kappa shape index (κ3) is 3.73. The number of aromatic nitrogens is 5. The van der Waals surface area contributed by atoms with Crippen LogP contribution in [0.25, 0.3) is 10.9 Å². The first-order valence-electron chi connectivity index (χ1n) is 8.16. The van der Waals surface area contributed by atoms with Gasteiger partial charge >= 0.3 is 0 Å². The molecular weight excluding hydrogens is 304 g/mol. The Kier molecular flexibility index (Phi) is 5.10. The Labute approximate surface area is 140 Å². The standard InChI is InChI=1S/C17H20N6O/c1-2-3-4-10-23-16(20-21-22-23)12-19-17(24)14-7-8-15-13(11-14)6-5-9-18-15/h5-9,11H,2-4,10,12H2,1H3,(H,19,24). The van der Waals surface area contributed by atoms with Crippen molar-refractivity contribution in [2.75, 3.05) is 0 Å². The molecule has 0 aliphatic carbocycles. The van der Waals surface area contributed by atoms with Crippen LogP contribution in [0.1, 0.15) is 42.4 Å². The van der Waals surface area contributed by atoms with Crippen molar-refractivity contribution >= 4 is 16.8 Å². The molecule has 1 amide bonds. The van der Waals surface area contributed by atoms with Crippen LogP contribution >= 0.6 is 0 Å². The summed E-state index contributed by atoms with van der Waals surface area (Å²) in [5.41, 5.74) is 1.47. The van der Waals surface area contributed by atoms with E-state index in [0.29, 0.717) is 17.9 Å². The van der Waals surface area contributed by atoms with Crippen molar-refractivity contribution < 1.29 is 4.79 Å². The predicted molar refractivity (Wildman–Crippen MR) is 90.3 cm³/mol. The SMILES string of the molecule is CCCCCn1nnnc1CNC(=O)c1ccc2ncccc2c1. The number of pyridine rings is 1. The summed E-state index contributed by atoms with van der Waals surface area (Å²) < 4.78 is 1.75. The molecule has 0 aliphatic heterocycles. The molecule has 0 bridgehead atoms. The van der Waals surface area contributed by atoms with Crippen molar-refractivity contribution in [3.05, 3.63) is 47.9 Å². The van der Waals surface area contributed by atoms with Crippen LogP contribution in [-0.2, 0) is 13.1 Å². The van der Waals surface area contributed by atoms with Gasteiger partial charge in [0.05, 0.1) is 12.1 Å². The van der Waals surface area contributed by atoms with E-state index in [1.807, 2.05) is 24.3 Å². The van der Waals surface area contributed by atoms with E-state index in [4.69, 9.17) is 0 Å². The van der Waals surface area contributed by atoms with Gasteiger partial charge in [-0.15, -0.1) is 5.10 Å². The van der Waals surface area contributed by atoms with E-state index in [9.17, 15) is 4.79 Å². The third-order valence-electron chi connectivity index (χ3n) is 3.85. The van der Waals surface area contributed by atoms with Crippen LogP contribution in [0.2, 0.25) is 0 Å². The second-order valence-corrected chi connectivity index (χ2v) is 5.62. The van der Waals surface area contributed by atoms with Gasteiger partial charge in [-0.3, -0.25) is 9.78 Å². The maximum absolute atomic E-state index is 12.3. The minimum atomic E-state index is -0.149. The van der Waals surface area contributed by atoms with Crippen LogP contribution in [0.15, 0.2) is 36.5 Å². The molecule has 0 unspecified atom stereocenters. The van der Waals surface area contributed by atoms with E-state index in [0.717, 1.165) is 36.7 Å². The Bertz CT molecular complexity index is 829. The van der Waals surface area contributed by atoms with Crippen molar-refractivity contribution in [1.82, 2.24) is 30.5 Å². The largest absolute Gasteiger partial charge is 0.345 e. The summed E-state index contributed by atoms with van der Waals surface area (Å²) >= 11 is 0. The number of carbonyl (C=O) groups excluding carboxylic acids is 1. The molecule has 0 fully saturated rings. The Morgan fingerprint density at radius 2 is 2.17 bits per heavy atom. The summed E-state index contributed by atoms with van der Waals surface area (Å²) in [7, 11) is 0. The molecule has 0 aliphatic rings. The monoisotopic (exact) mass is 324 g/mol. The zero-order chi connectivity index (χ0) is 16.8. The van der Waals surface area contributed by atoms with E-state index in [-0.39, 0.29) is 5.91 Å². The lowest BCUT2D eigenvalue weighted by molar-refractivity contribution is 0.0949. The number of rotatable bonds is 7. The number of tetrazole rings is 1. The quantitative estimate of drug-likeness (QED) is 0.674. The normalized spacial score (nSPS) is 10.9. The lowest BCUT2D eigenvalue weighted by atomic mass is 10.1. The highest BCUT2D eigenvalue weighted by Crippen LogP contribution is 2.13. The number of carbonyl (C=O) groups is 1. The number of amides is 1. The maximum atomic E-state index is 12.3. The van der Waals surface area contributed by atoms with Crippen LogP contribution < -0.4 is 5.32 Å². The Morgan fingerprint density at radius 3 is 3.04 bits per heavy atom. The molecule has 7 heteroatoms. The number of aryl methyl sites for hydroxylation is 1. The molecule has 0 saturated heterocycles. The average molecular weight is 324 g/mol. The molecule has 0 spiro atoms. The van der Waals surface area contributed by atoms with Gasteiger partial charge in [0.15, 0.2) is 5.82 Å². The van der Waals surface area contributed by atoms with Gasteiger partial charge in [-0.25, -0.2) is 4.68 Å². The lowest BCUT2D eigenvalue weighted by Crippen LogP contribution is -2.25. The maximum Gasteiger partial charge on any atom is 0.251 e. The Balaban J connectivity index is 1.63. The number of fused-ring (bicyclic) bond motifs is 1. The summed E-state index contributed by atoms with van der Waals surface area (Å²) in [5, 5.41) is 15.5. The highest BCUT2D eigenvalue weighted by atomic mass is 16.1. The van der Waals surface area contributed by atoms with Gasteiger partial charge in [-0.05, 0) is 41.1 Å². The minimum absolute atomic E-state index is 0.149. The smallest absolute Gasteiger partial charge is 0.251 e. The van der Waals surface area contributed by atoms with Gasteiger partial charge in [0, 0.05) is 23.7 Å². The van der Waals surface area contributed by atoms with Gasteiger partial charge in [-0.1, -0.05) is 25.8 Å². The van der Waals surface area contributed by atoms with Gasteiger partial charge in [0.25, 0.3) is 5.91 Å². The molecular formula is C17H20N6O. The molecule has 124 valence electrons. The minimum Gasteiger partial charge on any atom is -0.345 e. The van der Waals surface area contributed by atoms with Gasteiger partial charge in [-0.2, -0.15) is 0 Å². The fourth-order valence-corrected chi connectivity index (χ4v) is 2.51. The van der Waals surface area contributed by atoms with E-state index < -0.39 is 0 Å². The van der Waals surface area contributed by atoms with Crippen LogP contribution in [0.3, 0.4) is 0 Å². The average Bonchev–Trinajstić information content (AvgIpc) is 3.07.